The minimum atomic E-state index is -0.0341. The van der Waals surface area contributed by atoms with Crippen molar-refractivity contribution in [3.63, 3.8) is 0 Å². The average molecular weight is 493 g/mol. The maximum Gasteiger partial charge on any atom is 0.237 e. The zero-order valence-corrected chi connectivity index (χ0v) is 19.6. The lowest BCUT2D eigenvalue weighted by atomic mass is 10.1. The van der Waals surface area contributed by atoms with Crippen LogP contribution in [0, 0.1) is 6.92 Å². The summed E-state index contributed by atoms with van der Waals surface area (Å²) in [6, 6.07) is 25.3. The quantitative estimate of drug-likeness (QED) is 0.297. The summed E-state index contributed by atoms with van der Waals surface area (Å²) in [4.78, 5) is 21.1. The molecule has 1 aromatic heterocycles. The van der Waals surface area contributed by atoms with Crippen LogP contribution < -0.4 is 9.64 Å². The fourth-order valence-electron chi connectivity index (χ4n) is 3.32. The van der Waals surface area contributed by atoms with E-state index in [9.17, 15) is 4.79 Å². The third kappa shape index (κ3) is 4.70. The van der Waals surface area contributed by atoms with Gasteiger partial charge in [-0.2, -0.15) is 0 Å². The minimum absolute atomic E-state index is 0.0341. The molecule has 3 aromatic carbocycles. The number of hydrogen-bond donors (Lipinski definition) is 0. The molecule has 4 rings (SSSR count). The first-order valence-electron chi connectivity index (χ1n) is 9.80. The zero-order valence-electron chi connectivity index (χ0n) is 17.2. The summed E-state index contributed by atoms with van der Waals surface area (Å²) >= 11 is 5.11. The number of methoxy groups -OCH3 is 1. The molecule has 1 heterocycles. The van der Waals surface area contributed by atoms with Gasteiger partial charge in [0.2, 0.25) is 5.91 Å². The van der Waals surface area contributed by atoms with Crippen LogP contribution in [0.1, 0.15) is 10.4 Å². The fraction of sp³-hybridized carbons (Fsp3) is 0.120. The van der Waals surface area contributed by atoms with Crippen molar-refractivity contribution < 1.29 is 9.53 Å². The number of hydrogen-bond acceptors (Lipinski definition) is 4. The lowest BCUT2D eigenvalue weighted by molar-refractivity contribution is -0.117. The Hall–Kier alpha value is -2.96. The molecule has 31 heavy (non-hydrogen) atoms. The number of rotatable bonds is 6. The molecular weight excluding hydrogens is 472 g/mol. The van der Waals surface area contributed by atoms with Crippen LogP contribution in [-0.4, -0.2) is 18.0 Å². The van der Waals surface area contributed by atoms with E-state index in [0.717, 1.165) is 37.6 Å². The van der Waals surface area contributed by atoms with Gasteiger partial charge in [0.05, 0.1) is 24.9 Å². The van der Waals surface area contributed by atoms with E-state index in [2.05, 4.69) is 15.9 Å². The first-order valence-corrected chi connectivity index (χ1v) is 11.4. The van der Waals surface area contributed by atoms with Gasteiger partial charge in [0.1, 0.15) is 5.75 Å². The van der Waals surface area contributed by atoms with Crippen molar-refractivity contribution in [3.05, 3.63) is 93.8 Å². The normalized spacial score (nSPS) is 10.7. The molecule has 1 amide bonds. The largest absolute Gasteiger partial charge is 0.497 e. The Morgan fingerprint density at radius 1 is 1.00 bits per heavy atom. The van der Waals surface area contributed by atoms with Gasteiger partial charge in [-0.05, 0) is 64.8 Å². The third-order valence-corrected chi connectivity index (χ3v) is 6.51. The van der Waals surface area contributed by atoms with E-state index < -0.39 is 0 Å². The predicted molar refractivity (Wildman–Crippen MR) is 130 cm³/mol. The molecule has 0 unspecified atom stereocenters. The molecule has 0 fully saturated rings. The fourth-order valence-corrected chi connectivity index (χ4v) is 4.75. The Balaban J connectivity index is 1.75. The molecule has 0 N–H and O–H groups in total. The first kappa shape index (κ1) is 21.3. The molecule has 0 saturated carbocycles. The number of carbonyl (C=O) groups excluding carboxylic acids is 1. The molecular formula is C25H21BrN2O2S. The Kier molecular flexibility index (Phi) is 6.49. The second kappa shape index (κ2) is 9.45. The van der Waals surface area contributed by atoms with Crippen LogP contribution in [0.2, 0.25) is 0 Å². The summed E-state index contributed by atoms with van der Waals surface area (Å²) in [5, 5.41) is 0.649. The molecule has 0 bridgehead atoms. The standard InChI is InChI=1S/C25H21BrN2O2S/c1-17-24(19-12-14-20(30-2)15-13-19)27-25(31-17)28(22-11-7-6-10-21(22)26)23(29)16-18-8-4-3-5-9-18/h3-15H,16H2,1-2H3. The number of halogens is 1. The van der Waals surface area contributed by atoms with Crippen molar-refractivity contribution in [3.8, 4) is 17.0 Å². The number of aryl methyl sites for hydroxylation is 1. The Labute approximate surface area is 194 Å². The van der Waals surface area contributed by atoms with Gasteiger partial charge >= 0.3 is 0 Å². The molecule has 0 atom stereocenters. The minimum Gasteiger partial charge on any atom is -0.497 e. The van der Waals surface area contributed by atoms with Crippen molar-refractivity contribution in [2.45, 2.75) is 13.3 Å². The van der Waals surface area contributed by atoms with Gasteiger partial charge in [-0.3, -0.25) is 9.69 Å². The van der Waals surface area contributed by atoms with Gasteiger partial charge in [0.15, 0.2) is 5.13 Å². The predicted octanol–water partition coefficient (Wildman–Crippen LogP) is 6.80. The van der Waals surface area contributed by atoms with E-state index in [1.165, 1.54) is 11.3 Å². The molecule has 0 aliphatic carbocycles. The SMILES string of the molecule is COc1ccc(-c2nc(N(C(=O)Cc3ccccc3)c3ccccc3Br)sc2C)cc1. The van der Waals surface area contributed by atoms with Crippen molar-refractivity contribution >= 4 is 44.0 Å². The number of anilines is 2. The number of amides is 1. The molecule has 0 spiro atoms. The van der Waals surface area contributed by atoms with Crippen molar-refractivity contribution in [1.82, 2.24) is 4.98 Å². The molecule has 4 nitrogen and oxygen atoms in total. The van der Waals surface area contributed by atoms with E-state index in [1.807, 2.05) is 85.8 Å². The van der Waals surface area contributed by atoms with Crippen LogP contribution in [0.25, 0.3) is 11.3 Å². The molecule has 6 heteroatoms. The van der Waals surface area contributed by atoms with E-state index in [-0.39, 0.29) is 5.91 Å². The lowest BCUT2D eigenvalue weighted by Gasteiger charge is -2.21. The Morgan fingerprint density at radius 2 is 1.68 bits per heavy atom. The number of para-hydroxylation sites is 1. The Bertz CT molecular complexity index is 1190. The molecule has 0 aliphatic rings. The topological polar surface area (TPSA) is 42.4 Å². The number of benzene rings is 3. The molecule has 0 saturated heterocycles. The summed E-state index contributed by atoms with van der Waals surface area (Å²) in [5.74, 6) is 0.762. The van der Waals surface area contributed by atoms with E-state index in [1.54, 1.807) is 12.0 Å². The number of carbonyl (C=O) groups is 1. The number of thiazole rings is 1. The van der Waals surface area contributed by atoms with Crippen molar-refractivity contribution in [2.24, 2.45) is 0 Å². The van der Waals surface area contributed by atoms with Crippen LogP contribution in [0.3, 0.4) is 0 Å². The van der Waals surface area contributed by atoms with E-state index in [0.29, 0.717) is 11.6 Å². The highest BCUT2D eigenvalue weighted by Gasteiger charge is 2.25. The van der Waals surface area contributed by atoms with Gasteiger partial charge in [0.25, 0.3) is 0 Å². The second-order valence-corrected chi connectivity index (χ2v) is 9.01. The average Bonchev–Trinajstić information content (AvgIpc) is 3.17. The molecule has 156 valence electrons. The van der Waals surface area contributed by atoms with Gasteiger partial charge in [0, 0.05) is 14.9 Å². The van der Waals surface area contributed by atoms with Gasteiger partial charge in [-0.15, -0.1) is 11.3 Å². The molecule has 0 radical (unpaired) electrons. The smallest absolute Gasteiger partial charge is 0.237 e. The van der Waals surface area contributed by atoms with Crippen LogP contribution in [0.5, 0.6) is 5.75 Å². The third-order valence-electron chi connectivity index (χ3n) is 4.88. The number of ether oxygens (including phenoxy) is 1. The summed E-state index contributed by atoms with van der Waals surface area (Å²) in [6.45, 7) is 2.03. The highest BCUT2D eigenvalue weighted by Crippen LogP contribution is 2.39. The van der Waals surface area contributed by atoms with Gasteiger partial charge in [-0.1, -0.05) is 42.5 Å². The van der Waals surface area contributed by atoms with Gasteiger partial charge in [-0.25, -0.2) is 4.98 Å². The summed E-state index contributed by atoms with van der Waals surface area (Å²) < 4.78 is 6.10. The maximum atomic E-state index is 13.5. The van der Waals surface area contributed by atoms with Crippen LogP contribution in [0.15, 0.2) is 83.3 Å². The first-order chi connectivity index (χ1) is 15.1. The lowest BCUT2D eigenvalue weighted by Crippen LogP contribution is -2.27. The van der Waals surface area contributed by atoms with Gasteiger partial charge < -0.3 is 4.74 Å². The van der Waals surface area contributed by atoms with Crippen LogP contribution in [0.4, 0.5) is 10.8 Å². The van der Waals surface area contributed by atoms with Crippen LogP contribution in [-0.2, 0) is 11.2 Å². The highest BCUT2D eigenvalue weighted by atomic mass is 79.9. The van der Waals surface area contributed by atoms with E-state index >= 15 is 0 Å². The monoisotopic (exact) mass is 492 g/mol. The molecule has 0 aliphatic heterocycles. The number of aromatic nitrogens is 1. The summed E-state index contributed by atoms with van der Waals surface area (Å²) in [7, 11) is 1.65. The molecule has 4 aromatic rings. The van der Waals surface area contributed by atoms with Crippen LogP contribution >= 0.6 is 27.3 Å². The highest BCUT2D eigenvalue weighted by molar-refractivity contribution is 9.10. The Morgan fingerprint density at radius 3 is 2.35 bits per heavy atom. The maximum absolute atomic E-state index is 13.5. The second-order valence-electron chi connectivity index (χ2n) is 6.97. The zero-order chi connectivity index (χ0) is 21.8. The van der Waals surface area contributed by atoms with E-state index in [4.69, 9.17) is 9.72 Å². The summed E-state index contributed by atoms with van der Waals surface area (Å²) in [6.07, 6.45) is 0.290. The van der Waals surface area contributed by atoms with Crippen molar-refractivity contribution in [2.75, 3.05) is 12.0 Å². The van der Waals surface area contributed by atoms with Crippen molar-refractivity contribution in [1.29, 1.82) is 0 Å². The number of nitrogens with zero attached hydrogens (tertiary/aromatic N) is 2. The summed E-state index contributed by atoms with van der Waals surface area (Å²) in [5.41, 5.74) is 3.60.